The monoisotopic (exact) mass is 177 g/mol. The summed E-state index contributed by atoms with van der Waals surface area (Å²) in [7, 11) is 0. The maximum Gasteiger partial charge on any atom is 0.309 e. The summed E-state index contributed by atoms with van der Waals surface area (Å²) in [6, 6.07) is 10.9. The lowest BCUT2D eigenvalue weighted by atomic mass is 10.5. The van der Waals surface area contributed by atoms with E-state index < -0.39 is 0 Å². The van der Waals surface area contributed by atoms with Gasteiger partial charge in [0.05, 0.1) is 0 Å². The predicted octanol–water partition coefficient (Wildman–Crippen LogP) is 2.06. The average Bonchev–Trinajstić information content (AvgIpc) is 2.17. The van der Waals surface area contributed by atoms with Crippen LogP contribution in [0.4, 0.5) is 0 Å². The molecule has 0 aliphatic heterocycles. The zero-order chi connectivity index (χ0) is 9.52. The molecule has 13 heavy (non-hydrogen) atoms. The van der Waals surface area contributed by atoms with E-state index in [1.807, 2.05) is 24.3 Å². The molecule has 0 fully saturated rings. The lowest BCUT2D eigenvalue weighted by Crippen LogP contribution is -2.01. The molecule has 0 amide bonds. The molecule has 0 radical (unpaired) electrons. The molecule has 0 saturated carbocycles. The van der Waals surface area contributed by atoms with Gasteiger partial charge in [0.15, 0.2) is 0 Å². The van der Waals surface area contributed by atoms with Crippen LogP contribution in [0.5, 0.6) is 5.88 Å². The minimum absolute atomic E-state index is 0.340. The zero-order valence-electron chi connectivity index (χ0n) is 7.36. The minimum Gasteiger partial charge on any atom is -0.410 e. The summed E-state index contributed by atoms with van der Waals surface area (Å²) in [6.07, 6.45) is 1.69. The van der Waals surface area contributed by atoms with Crippen molar-refractivity contribution in [3.63, 3.8) is 0 Å². The van der Waals surface area contributed by atoms with Gasteiger partial charge in [-0.2, -0.15) is 0 Å². The number of hydrogen-bond donors (Lipinski definition) is 1. The highest BCUT2D eigenvalue weighted by molar-refractivity contribution is 5.68. The number of nitrogens with one attached hydrogen (secondary N) is 1. The van der Waals surface area contributed by atoms with Gasteiger partial charge in [-0.15, -0.1) is 0 Å². The third-order valence-corrected chi connectivity index (χ3v) is 1.27. The molecule has 1 N–H and O–H groups in total. The molecular weight excluding hydrogens is 166 g/mol. The van der Waals surface area contributed by atoms with Crippen LogP contribution in [0.3, 0.4) is 0 Å². The third kappa shape index (κ3) is 3.96. The van der Waals surface area contributed by atoms with E-state index in [9.17, 15) is 4.79 Å². The summed E-state index contributed by atoms with van der Waals surface area (Å²) in [6.45, 7) is 1.36. The maximum absolute atomic E-state index is 10.6. The van der Waals surface area contributed by atoms with Crippen molar-refractivity contribution < 1.29 is 9.53 Å². The van der Waals surface area contributed by atoms with Gasteiger partial charge in [-0.3, -0.25) is 4.79 Å². The summed E-state index contributed by atoms with van der Waals surface area (Å²) < 4.78 is 4.86. The van der Waals surface area contributed by atoms with Crippen LogP contribution in [-0.2, 0) is 4.79 Å². The Morgan fingerprint density at radius 3 is 2.69 bits per heavy atom. The Morgan fingerprint density at radius 1 is 1.23 bits per heavy atom. The highest BCUT2D eigenvalue weighted by atomic mass is 16.5. The molecular formula is C10H11NO2. The first-order chi connectivity index (χ1) is 6.29. The Morgan fingerprint density at radius 2 is 1.92 bits per heavy atom. The SMILES string of the molecule is CC(=O)Oc1ccccccc[nH]1. The number of rotatable bonds is 1. The number of carbonyl (C=O) groups is 1. The van der Waals surface area contributed by atoms with Gasteiger partial charge < -0.3 is 9.72 Å². The quantitative estimate of drug-likeness (QED) is 0.667. The van der Waals surface area contributed by atoms with Crippen molar-refractivity contribution in [2.45, 2.75) is 6.92 Å². The van der Waals surface area contributed by atoms with Crippen LogP contribution in [0.15, 0.2) is 42.6 Å². The topological polar surface area (TPSA) is 42.1 Å². The molecule has 0 unspecified atom stereocenters. The number of aromatic nitrogens is 1. The van der Waals surface area contributed by atoms with E-state index in [-0.39, 0.29) is 5.97 Å². The van der Waals surface area contributed by atoms with E-state index in [2.05, 4.69) is 4.98 Å². The van der Waals surface area contributed by atoms with Crippen LogP contribution in [0.25, 0.3) is 0 Å². The van der Waals surface area contributed by atoms with Crippen LogP contribution < -0.4 is 4.74 Å². The molecule has 3 nitrogen and oxygen atoms in total. The van der Waals surface area contributed by atoms with Crippen LogP contribution in [0.1, 0.15) is 6.92 Å². The van der Waals surface area contributed by atoms with Crippen molar-refractivity contribution >= 4 is 5.97 Å². The Balaban J connectivity index is 2.97. The minimum atomic E-state index is -0.340. The molecule has 0 bridgehead atoms. The first-order valence-corrected chi connectivity index (χ1v) is 3.94. The summed E-state index contributed by atoms with van der Waals surface area (Å²) in [5.41, 5.74) is 0. The molecule has 0 aliphatic carbocycles. The number of hydrogen-bond acceptors (Lipinski definition) is 2. The Hall–Kier alpha value is -1.77. The standard InChI is InChI=1S/C10H11NO2/c1-9(12)13-10-7-5-3-2-4-6-8-11-10/h2-8,11H,1H3. The molecule has 0 aliphatic rings. The van der Waals surface area contributed by atoms with Gasteiger partial charge in [0.2, 0.25) is 5.88 Å². The van der Waals surface area contributed by atoms with Gasteiger partial charge in [0.1, 0.15) is 0 Å². The maximum atomic E-state index is 10.6. The fourth-order valence-electron chi connectivity index (χ4n) is 0.788. The summed E-state index contributed by atoms with van der Waals surface area (Å²) >= 11 is 0. The van der Waals surface area contributed by atoms with Crippen molar-refractivity contribution in [1.82, 2.24) is 4.98 Å². The van der Waals surface area contributed by atoms with Crippen LogP contribution >= 0.6 is 0 Å². The molecule has 1 rings (SSSR count). The van der Waals surface area contributed by atoms with E-state index in [1.54, 1.807) is 18.3 Å². The number of H-pyrrole nitrogens is 1. The molecule has 1 heterocycles. The van der Waals surface area contributed by atoms with E-state index in [0.717, 1.165) is 0 Å². The molecule has 3 heteroatoms. The Bertz CT molecular complexity index is 305. The second-order valence-electron chi connectivity index (χ2n) is 2.40. The van der Waals surface area contributed by atoms with Gasteiger partial charge in [0.25, 0.3) is 0 Å². The predicted molar refractivity (Wildman–Crippen MR) is 49.7 cm³/mol. The lowest BCUT2D eigenvalue weighted by molar-refractivity contribution is -0.132. The summed E-state index contributed by atoms with van der Waals surface area (Å²) in [5.74, 6) is 0.0801. The number of esters is 1. The third-order valence-electron chi connectivity index (χ3n) is 1.27. The first kappa shape index (κ1) is 9.32. The smallest absolute Gasteiger partial charge is 0.309 e. The van der Waals surface area contributed by atoms with Crippen molar-refractivity contribution in [2.24, 2.45) is 0 Å². The second kappa shape index (κ2) is 4.98. The fourth-order valence-corrected chi connectivity index (χ4v) is 0.788. The lowest BCUT2D eigenvalue weighted by Gasteiger charge is -1.95. The first-order valence-electron chi connectivity index (χ1n) is 3.94. The molecule has 0 aromatic carbocycles. The van der Waals surface area contributed by atoms with Crippen molar-refractivity contribution in [3.8, 4) is 5.88 Å². The molecule has 68 valence electrons. The van der Waals surface area contributed by atoms with Gasteiger partial charge in [-0.25, -0.2) is 0 Å². The van der Waals surface area contributed by atoms with E-state index in [4.69, 9.17) is 4.74 Å². The number of aromatic amines is 1. The van der Waals surface area contributed by atoms with Gasteiger partial charge >= 0.3 is 5.97 Å². The van der Waals surface area contributed by atoms with E-state index >= 15 is 0 Å². The molecule has 0 spiro atoms. The van der Waals surface area contributed by atoms with Gasteiger partial charge in [-0.05, 0) is 12.1 Å². The molecule has 1 aromatic rings. The molecule has 0 saturated heterocycles. The van der Waals surface area contributed by atoms with Crippen LogP contribution in [0.2, 0.25) is 0 Å². The van der Waals surface area contributed by atoms with Gasteiger partial charge in [0, 0.05) is 13.1 Å². The number of ether oxygens (including phenoxy) is 1. The normalized spacial score (nSPS) is 8.69. The summed E-state index contributed by atoms with van der Waals surface area (Å²) in [4.78, 5) is 13.5. The van der Waals surface area contributed by atoms with Crippen molar-refractivity contribution in [1.29, 1.82) is 0 Å². The van der Waals surface area contributed by atoms with Crippen molar-refractivity contribution in [3.05, 3.63) is 42.6 Å². The van der Waals surface area contributed by atoms with E-state index in [1.165, 1.54) is 6.92 Å². The van der Waals surface area contributed by atoms with Crippen LogP contribution in [0, 0.1) is 0 Å². The zero-order valence-corrected chi connectivity index (χ0v) is 7.36. The highest BCUT2D eigenvalue weighted by Crippen LogP contribution is 2.00. The fraction of sp³-hybridized carbons (Fsp3) is 0.100. The highest BCUT2D eigenvalue weighted by Gasteiger charge is 1.92. The van der Waals surface area contributed by atoms with Gasteiger partial charge in [-0.1, -0.05) is 24.3 Å². The largest absolute Gasteiger partial charge is 0.410 e. The van der Waals surface area contributed by atoms with E-state index in [0.29, 0.717) is 5.88 Å². The average molecular weight is 177 g/mol. The van der Waals surface area contributed by atoms with Crippen LogP contribution in [-0.4, -0.2) is 11.0 Å². The summed E-state index contributed by atoms with van der Waals surface area (Å²) in [5, 5.41) is 0. The second-order valence-corrected chi connectivity index (χ2v) is 2.40. The molecule has 1 aromatic heterocycles. The van der Waals surface area contributed by atoms with Crippen molar-refractivity contribution in [2.75, 3.05) is 0 Å². The number of carbonyl (C=O) groups excluding carboxylic acids is 1. The molecule has 0 atom stereocenters. The Kier molecular flexibility index (Phi) is 3.57. The Labute approximate surface area is 76.7 Å².